The molecule has 0 fully saturated rings. The van der Waals surface area contributed by atoms with Crippen LogP contribution in [-0.4, -0.2) is 24.6 Å². The maximum atomic E-state index is 13.2. The summed E-state index contributed by atoms with van der Waals surface area (Å²) in [4.78, 5) is 10.1. The molecule has 0 radical (unpaired) electrons. The van der Waals surface area contributed by atoms with E-state index in [9.17, 15) is 49.8 Å². The Morgan fingerprint density at radius 2 is 1.18 bits per heavy atom. The Bertz CT molecular complexity index is 1950. The standard InChI is InChI=1S/C22H15F6NO5S.C13H12O/c1-12-6-7-19(34-18-5-3-2-4-16(18)20(30)31)17(8-12)29-35(32,33)15-10-13(21(23,24)25)9-14(11-15)22(26,27)28;14-13(11-7-3-1-4-8-11)12-9-5-2-6-10-12/h2-11,29H,1H3,(H,30,31);1-10,13-14H. The van der Waals surface area contributed by atoms with Crippen LogP contribution in [0.15, 0.2) is 126 Å². The van der Waals surface area contributed by atoms with E-state index in [1.807, 2.05) is 65.4 Å². The van der Waals surface area contributed by atoms with Crippen LogP contribution < -0.4 is 9.46 Å². The molecule has 0 aliphatic rings. The van der Waals surface area contributed by atoms with Gasteiger partial charge < -0.3 is 14.9 Å². The Hall–Kier alpha value is -5.34. The number of carboxylic acids is 1. The lowest BCUT2D eigenvalue weighted by atomic mass is 10.0. The average Bonchev–Trinajstić information content (AvgIpc) is 3.06. The van der Waals surface area contributed by atoms with Gasteiger partial charge in [-0.2, -0.15) is 26.3 Å². The first-order valence-electron chi connectivity index (χ1n) is 14.2. The maximum Gasteiger partial charge on any atom is 0.416 e. The molecular weight excluding hydrogens is 676 g/mol. The number of rotatable bonds is 8. The minimum absolute atomic E-state index is 0.0770. The van der Waals surface area contributed by atoms with Gasteiger partial charge in [0.15, 0.2) is 5.75 Å². The molecule has 3 N–H and O–H groups in total. The van der Waals surface area contributed by atoms with E-state index < -0.39 is 50.5 Å². The van der Waals surface area contributed by atoms with Gasteiger partial charge in [0.1, 0.15) is 17.4 Å². The summed E-state index contributed by atoms with van der Waals surface area (Å²) in [5.41, 5.74) is -1.89. The number of halogens is 6. The summed E-state index contributed by atoms with van der Waals surface area (Å²) < 4.78 is 112. The fourth-order valence-corrected chi connectivity index (χ4v) is 5.54. The highest BCUT2D eigenvalue weighted by molar-refractivity contribution is 7.92. The number of anilines is 1. The number of hydrogen-bond donors (Lipinski definition) is 3. The zero-order chi connectivity index (χ0) is 36.0. The van der Waals surface area contributed by atoms with Crippen molar-refractivity contribution in [3.8, 4) is 11.5 Å². The second-order valence-corrected chi connectivity index (χ2v) is 12.2. The third-order valence-electron chi connectivity index (χ3n) is 6.82. The topological polar surface area (TPSA) is 113 Å². The van der Waals surface area contributed by atoms with Crippen molar-refractivity contribution in [2.45, 2.75) is 30.3 Å². The first-order valence-corrected chi connectivity index (χ1v) is 15.6. The summed E-state index contributed by atoms with van der Waals surface area (Å²) >= 11 is 0. The minimum Gasteiger partial charge on any atom is -0.478 e. The van der Waals surface area contributed by atoms with E-state index in [2.05, 4.69) is 0 Å². The van der Waals surface area contributed by atoms with Gasteiger partial charge in [-0.15, -0.1) is 0 Å². The van der Waals surface area contributed by atoms with Crippen molar-refractivity contribution < 1.29 is 54.5 Å². The Kier molecular flexibility index (Phi) is 11.0. The van der Waals surface area contributed by atoms with Gasteiger partial charge in [-0.05, 0) is 66.1 Å². The van der Waals surface area contributed by atoms with Crippen molar-refractivity contribution in [2.75, 3.05) is 4.72 Å². The monoisotopic (exact) mass is 703 g/mol. The minimum atomic E-state index is -5.25. The van der Waals surface area contributed by atoms with Crippen LogP contribution in [0.25, 0.3) is 0 Å². The van der Waals surface area contributed by atoms with Crippen LogP contribution in [0, 0.1) is 6.92 Å². The van der Waals surface area contributed by atoms with Gasteiger partial charge in [0.05, 0.1) is 21.7 Å². The summed E-state index contributed by atoms with van der Waals surface area (Å²) in [6, 6.07) is 28.6. The molecule has 0 saturated heterocycles. The lowest BCUT2D eigenvalue weighted by Gasteiger charge is -2.17. The van der Waals surface area contributed by atoms with E-state index in [1.54, 1.807) is 6.92 Å². The largest absolute Gasteiger partial charge is 0.478 e. The number of hydrogen-bond acceptors (Lipinski definition) is 5. The second kappa shape index (κ2) is 14.8. The molecule has 0 heterocycles. The van der Waals surface area contributed by atoms with Crippen molar-refractivity contribution in [3.63, 3.8) is 0 Å². The number of nitrogens with one attached hydrogen (secondary N) is 1. The molecule has 49 heavy (non-hydrogen) atoms. The zero-order valence-electron chi connectivity index (χ0n) is 25.3. The summed E-state index contributed by atoms with van der Waals surface area (Å²) in [5.74, 6) is -1.77. The Morgan fingerprint density at radius 3 is 1.67 bits per heavy atom. The van der Waals surface area contributed by atoms with Gasteiger partial charge in [-0.3, -0.25) is 4.72 Å². The van der Waals surface area contributed by atoms with Crippen LogP contribution in [0.5, 0.6) is 11.5 Å². The fourth-order valence-electron chi connectivity index (χ4n) is 4.41. The molecule has 0 saturated carbocycles. The summed E-state index contributed by atoms with van der Waals surface area (Å²) in [6.45, 7) is 1.54. The van der Waals surface area contributed by atoms with Crippen molar-refractivity contribution >= 4 is 21.7 Å². The van der Waals surface area contributed by atoms with Gasteiger partial charge in [-0.25, -0.2) is 13.2 Å². The molecule has 0 spiro atoms. The molecule has 5 rings (SSSR count). The number of alkyl halides is 6. The number of carbonyl (C=O) groups is 1. The van der Waals surface area contributed by atoms with E-state index >= 15 is 0 Å². The molecule has 0 aromatic heterocycles. The molecule has 0 aliphatic carbocycles. The van der Waals surface area contributed by atoms with Crippen molar-refractivity contribution in [3.05, 3.63) is 155 Å². The quantitative estimate of drug-likeness (QED) is 0.139. The summed E-state index contributed by atoms with van der Waals surface area (Å²) in [5, 5.41) is 19.3. The molecule has 5 aromatic rings. The Balaban J connectivity index is 0.000000319. The average molecular weight is 704 g/mol. The normalized spacial score (nSPS) is 11.8. The van der Waals surface area contributed by atoms with Crippen LogP contribution in [0.3, 0.4) is 0 Å². The van der Waals surface area contributed by atoms with Crippen molar-refractivity contribution in [1.82, 2.24) is 0 Å². The highest BCUT2D eigenvalue weighted by atomic mass is 32.2. The lowest BCUT2D eigenvalue weighted by Crippen LogP contribution is -2.18. The molecular formula is C35H27F6NO6S. The van der Waals surface area contributed by atoms with E-state index in [-0.39, 0.29) is 40.9 Å². The molecule has 0 bridgehead atoms. The second-order valence-electron chi connectivity index (χ2n) is 10.5. The number of benzene rings is 5. The zero-order valence-corrected chi connectivity index (χ0v) is 26.1. The number of sulfonamides is 1. The van der Waals surface area contributed by atoms with Crippen molar-refractivity contribution in [2.24, 2.45) is 0 Å². The molecule has 0 aliphatic heterocycles. The van der Waals surface area contributed by atoms with Gasteiger partial charge in [0.2, 0.25) is 0 Å². The highest BCUT2D eigenvalue weighted by Crippen LogP contribution is 2.39. The van der Waals surface area contributed by atoms with Crippen LogP contribution in [-0.2, 0) is 22.4 Å². The van der Waals surface area contributed by atoms with Gasteiger partial charge in [0, 0.05) is 0 Å². The third-order valence-corrected chi connectivity index (χ3v) is 8.16. The van der Waals surface area contributed by atoms with Crippen LogP contribution in [0.2, 0.25) is 0 Å². The molecule has 14 heteroatoms. The van der Waals surface area contributed by atoms with E-state index in [0.29, 0.717) is 5.56 Å². The predicted octanol–water partition coefficient (Wildman–Crippen LogP) is 9.09. The number of para-hydroxylation sites is 1. The van der Waals surface area contributed by atoms with Gasteiger partial charge in [0.25, 0.3) is 10.0 Å². The highest BCUT2D eigenvalue weighted by Gasteiger charge is 2.38. The molecule has 5 aromatic carbocycles. The molecule has 7 nitrogen and oxygen atoms in total. The number of aliphatic hydroxyl groups excluding tert-OH is 1. The smallest absolute Gasteiger partial charge is 0.416 e. The number of aromatic carboxylic acids is 1. The van der Waals surface area contributed by atoms with Crippen molar-refractivity contribution in [1.29, 1.82) is 0 Å². The number of carboxylic acid groups (broad SMARTS) is 1. The molecule has 0 amide bonds. The van der Waals surface area contributed by atoms with Crippen LogP contribution in [0.4, 0.5) is 32.0 Å². The lowest BCUT2D eigenvalue weighted by molar-refractivity contribution is -0.143. The first-order chi connectivity index (χ1) is 23.0. The maximum absolute atomic E-state index is 13.2. The number of aryl methyl sites for hydroxylation is 1. The Morgan fingerprint density at radius 1 is 0.694 bits per heavy atom. The molecule has 256 valence electrons. The van der Waals surface area contributed by atoms with Crippen LogP contribution in [0.1, 0.15) is 44.3 Å². The van der Waals surface area contributed by atoms with E-state index in [4.69, 9.17) is 4.74 Å². The number of ether oxygens (including phenoxy) is 1. The summed E-state index contributed by atoms with van der Waals surface area (Å²) in [7, 11) is -4.98. The number of aliphatic hydroxyl groups is 1. The Labute approximate surface area is 277 Å². The fraction of sp³-hybridized carbons (Fsp3) is 0.114. The first kappa shape index (κ1) is 36.5. The van der Waals surface area contributed by atoms with Gasteiger partial charge >= 0.3 is 18.3 Å². The molecule has 0 unspecified atom stereocenters. The molecule has 0 atom stereocenters. The van der Waals surface area contributed by atoms with Gasteiger partial charge in [-0.1, -0.05) is 78.9 Å². The van der Waals surface area contributed by atoms with E-state index in [1.165, 1.54) is 42.5 Å². The van der Waals surface area contributed by atoms with Crippen LogP contribution >= 0.6 is 0 Å². The SMILES string of the molecule is Cc1ccc(Oc2ccccc2C(=O)O)c(NS(=O)(=O)c2cc(C(F)(F)F)cc(C(F)(F)F)c2)c1.OC(c1ccccc1)c1ccccc1. The predicted molar refractivity (Wildman–Crippen MR) is 169 cm³/mol. The van der Waals surface area contributed by atoms with E-state index in [0.717, 1.165) is 11.1 Å². The third kappa shape index (κ3) is 9.61. The summed E-state index contributed by atoms with van der Waals surface area (Å²) in [6.07, 6.45) is -11.0.